The standard InChI is InChI=1S/C20H23FN4O3S/c1-14-19(13-24(2)23-14)29(26,27)25-8-4-6-16(12-25)20-22-11-18(28-20)10-15-5-3-7-17(21)9-15/h3,5,7,9,11,13,16H,4,6,8,10,12H2,1-2H3. The van der Waals surface area contributed by atoms with Gasteiger partial charge in [-0.25, -0.2) is 17.8 Å². The zero-order valence-electron chi connectivity index (χ0n) is 16.4. The summed E-state index contributed by atoms with van der Waals surface area (Å²) >= 11 is 0. The number of piperidine rings is 1. The van der Waals surface area contributed by atoms with Crippen molar-refractivity contribution >= 4 is 10.0 Å². The van der Waals surface area contributed by atoms with Crippen molar-refractivity contribution in [3.63, 3.8) is 0 Å². The van der Waals surface area contributed by atoms with Crippen LogP contribution in [0.2, 0.25) is 0 Å². The maximum Gasteiger partial charge on any atom is 0.246 e. The van der Waals surface area contributed by atoms with Gasteiger partial charge < -0.3 is 4.42 Å². The molecule has 0 bridgehead atoms. The van der Waals surface area contributed by atoms with Gasteiger partial charge in [0.1, 0.15) is 16.5 Å². The van der Waals surface area contributed by atoms with E-state index in [2.05, 4.69) is 10.1 Å². The van der Waals surface area contributed by atoms with Crippen molar-refractivity contribution < 1.29 is 17.2 Å². The minimum atomic E-state index is -3.62. The first kappa shape index (κ1) is 19.8. The van der Waals surface area contributed by atoms with Gasteiger partial charge >= 0.3 is 0 Å². The van der Waals surface area contributed by atoms with Crippen LogP contribution in [-0.2, 0) is 23.5 Å². The van der Waals surface area contributed by atoms with Crippen LogP contribution in [0.25, 0.3) is 0 Å². The zero-order chi connectivity index (χ0) is 20.6. The predicted molar refractivity (Wildman–Crippen MR) is 104 cm³/mol. The molecule has 0 saturated carbocycles. The van der Waals surface area contributed by atoms with E-state index in [0.29, 0.717) is 36.9 Å². The molecule has 0 aliphatic carbocycles. The average Bonchev–Trinajstić information content (AvgIpc) is 3.28. The highest BCUT2D eigenvalue weighted by Crippen LogP contribution is 2.31. The van der Waals surface area contributed by atoms with Crippen LogP contribution >= 0.6 is 0 Å². The van der Waals surface area contributed by atoms with Crippen LogP contribution in [0.5, 0.6) is 0 Å². The minimum Gasteiger partial charge on any atom is -0.445 e. The first-order chi connectivity index (χ1) is 13.8. The molecule has 154 valence electrons. The molecule has 29 heavy (non-hydrogen) atoms. The summed E-state index contributed by atoms with van der Waals surface area (Å²) in [5.41, 5.74) is 1.29. The van der Waals surface area contributed by atoms with E-state index in [9.17, 15) is 12.8 Å². The number of sulfonamides is 1. The van der Waals surface area contributed by atoms with Crippen molar-refractivity contribution in [2.45, 2.75) is 37.0 Å². The van der Waals surface area contributed by atoms with Gasteiger partial charge in [0.15, 0.2) is 5.89 Å². The molecule has 3 aromatic rings. The van der Waals surface area contributed by atoms with E-state index in [0.717, 1.165) is 18.4 Å². The molecule has 1 fully saturated rings. The molecule has 1 aliphatic heterocycles. The van der Waals surface area contributed by atoms with Crippen LogP contribution in [0.1, 0.15) is 41.7 Å². The molecular formula is C20H23FN4O3S. The Morgan fingerprint density at radius 1 is 1.34 bits per heavy atom. The van der Waals surface area contributed by atoms with Crippen molar-refractivity contribution in [2.24, 2.45) is 7.05 Å². The van der Waals surface area contributed by atoms with Gasteiger partial charge in [-0.15, -0.1) is 0 Å². The molecule has 7 nitrogen and oxygen atoms in total. The molecule has 1 saturated heterocycles. The molecule has 1 unspecified atom stereocenters. The Bertz CT molecular complexity index is 1120. The number of benzene rings is 1. The summed E-state index contributed by atoms with van der Waals surface area (Å²) in [7, 11) is -1.91. The lowest BCUT2D eigenvalue weighted by Gasteiger charge is -2.30. The number of nitrogens with zero attached hydrogens (tertiary/aromatic N) is 4. The molecule has 0 amide bonds. The van der Waals surface area contributed by atoms with Crippen LogP contribution in [0, 0.1) is 12.7 Å². The van der Waals surface area contributed by atoms with E-state index in [4.69, 9.17) is 4.42 Å². The monoisotopic (exact) mass is 418 g/mol. The number of aryl methyl sites for hydroxylation is 2. The van der Waals surface area contributed by atoms with E-state index in [1.807, 2.05) is 6.07 Å². The second-order valence-corrected chi connectivity index (χ2v) is 9.33. The molecule has 2 aromatic heterocycles. The largest absolute Gasteiger partial charge is 0.445 e. The van der Waals surface area contributed by atoms with E-state index < -0.39 is 10.0 Å². The highest BCUT2D eigenvalue weighted by atomic mass is 32.2. The van der Waals surface area contributed by atoms with E-state index >= 15 is 0 Å². The highest BCUT2D eigenvalue weighted by molar-refractivity contribution is 7.89. The SMILES string of the molecule is Cc1nn(C)cc1S(=O)(=O)N1CCCC(c2ncc(Cc3cccc(F)c3)o2)C1. The number of hydrogen-bond donors (Lipinski definition) is 0. The fraction of sp³-hybridized carbons (Fsp3) is 0.400. The Morgan fingerprint density at radius 2 is 2.17 bits per heavy atom. The number of aromatic nitrogens is 3. The lowest BCUT2D eigenvalue weighted by atomic mass is 10.00. The quantitative estimate of drug-likeness (QED) is 0.636. The van der Waals surface area contributed by atoms with E-state index in [1.54, 1.807) is 26.2 Å². The maximum atomic E-state index is 13.4. The minimum absolute atomic E-state index is 0.114. The summed E-state index contributed by atoms with van der Waals surface area (Å²) in [5, 5.41) is 4.15. The molecule has 0 N–H and O–H groups in total. The normalized spacial score (nSPS) is 18.2. The zero-order valence-corrected chi connectivity index (χ0v) is 17.2. The van der Waals surface area contributed by atoms with Gasteiger partial charge in [0, 0.05) is 38.7 Å². The highest BCUT2D eigenvalue weighted by Gasteiger charge is 2.34. The van der Waals surface area contributed by atoms with Crippen molar-refractivity contribution in [1.29, 1.82) is 0 Å². The molecule has 1 atom stereocenters. The Morgan fingerprint density at radius 3 is 2.90 bits per heavy atom. The van der Waals surface area contributed by atoms with Crippen molar-refractivity contribution in [2.75, 3.05) is 13.1 Å². The third-order valence-electron chi connectivity index (χ3n) is 5.16. The summed E-state index contributed by atoms with van der Waals surface area (Å²) < 4.78 is 48.4. The first-order valence-corrected chi connectivity index (χ1v) is 11.0. The van der Waals surface area contributed by atoms with Crippen molar-refractivity contribution in [1.82, 2.24) is 19.1 Å². The van der Waals surface area contributed by atoms with Crippen LogP contribution < -0.4 is 0 Å². The van der Waals surface area contributed by atoms with Gasteiger partial charge in [-0.3, -0.25) is 4.68 Å². The third-order valence-corrected chi connectivity index (χ3v) is 7.13. The average molecular weight is 418 g/mol. The number of hydrogen-bond acceptors (Lipinski definition) is 5. The van der Waals surface area contributed by atoms with Crippen molar-refractivity contribution in [3.05, 3.63) is 65.4 Å². The van der Waals surface area contributed by atoms with E-state index in [1.165, 1.54) is 27.3 Å². The second kappa shape index (κ2) is 7.72. The molecule has 1 aliphatic rings. The Kier molecular flexibility index (Phi) is 5.26. The number of oxazole rings is 1. The maximum absolute atomic E-state index is 13.4. The van der Waals surface area contributed by atoms with Gasteiger partial charge in [-0.05, 0) is 37.5 Å². The fourth-order valence-corrected chi connectivity index (χ4v) is 5.50. The summed E-state index contributed by atoms with van der Waals surface area (Å²) in [4.78, 5) is 4.61. The molecule has 4 rings (SSSR count). The summed E-state index contributed by atoms with van der Waals surface area (Å²) in [6.45, 7) is 2.47. The van der Waals surface area contributed by atoms with Gasteiger partial charge in [-0.1, -0.05) is 12.1 Å². The van der Waals surface area contributed by atoms with Crippen molar-refractivity contribution in [3.8, 4) is 0 Å². The van der Waals surface area contributed by atoms with Gasteiger partial charge in [0.05, 0.1) is 11.9 Å². The Labute approximate surface area is 169 Å². The fourth-order valence-electron chi connectivity index (χ4n) is 3.77. The Balaban J connectivity index is 1.50. The van der Waals surface area contributed by atoms with Crippen LogP contribution in [0.3, 0.4) is 0 Å². The first-order valence-electron chi connectivity index (χ1n) is 9.52. The molecular weight excluding hydrogens is 395 g/mol. The van der Waals surface area contributed by atoms with Crippen LogP contribution in [-0.4, -0.2) is 40.6 Å². The molecule has 3 heterocycles. The second-order valence-electron chi connectivity index (χ2n) is 7.43. The number of rotatable bonds is 5. The summed E-state index contributed by atoms with van der Waals surface area (Å²) in [6.07, 6.45) is 5.15. The molecule has 0 radical (unpaired) electrons. The molecule has 1 aromatic carbocycles. The summed E-state index contributed by atoms with van der Waals surface area (Å²) in [6, 6.07) is 6.35. The number of halogens is 1. The lowest BCUT2D eigenvalue weighted by Crippen LogP contribution is -2.39. The van der Waals surface area contributed by atoms with Gasteiger partial charge in [-0.2, -0.15) is 9.40 Å². The smallest absolute Gasteiger partial charge is 0.246 e. The third kappa shape index (κ3) is 4.11. The molecule has 9 heteroatoms. The van der Waals surface area contributed by atoms with Gasteiger partial charge in [0.2, 0.25) is 10.0 Å². The topological polar surface area (TPSA) is 81.2 Å². The molecule has 0 spiro atoms. The Hall–Kier alpha value is -2.52. The summed E-state index contributed by atoms with van der Waals surface area (Å²) in [5.74, 6) is 0.755. The van der Waals surface area contributed by atoms with Gasteiger partial charge in [0.25, 0.3) is 0 Å². The predicted octanol–water partition coefficient (Wildman–Crippen LogP) is 3.01. The lowest BCUT2D eigenvalue weighted by molar-refractivity contribution is 0.281. The van der Waals surface area contributed by atoms with E-state index in [-0.39, 0.29) is 16.6 Å². The van der Waals surface area contributed by atoms with Crippen LogP contribution in [0.4, 0.5) is 4.39 Å². The van der Waals surface area contributed by atoms with Crippen LogP contribution in [0.15, 0.2) is 46.0 Å².